The van der Waals surface area contributed by atoms with Crippen molar-refractivity contribution < 1.29 is 13.5 Å². The van der Waals surface area contributed by atoms with Crippen LogP contribution in [-0.4, -0.2) is 33.0 Å². The molecule has 2 aromatic heterocycles. The predicted molar refractivity (Wildman–Crippen MR) is 104 cm³/mol. The molecular formula is C21H19F2N5O. The highest BCUT2D eigenvalue weighted by molar-refractivity contribution is 5.68. The van der Waals surface area contributed by atoms with E-state index in [1.807, 2.05) is 12.1 Å². The number of aromatic nitrogens is 4. The quantitative estimate of drug-likeness (QED) is 0.695. The molecule has 0 amide bonds. The molecule has 2 aliphatic rings. The van der Waals surface area contributed by atoms with Crippen LogP contribution in [0, 0.1) is 11.6 Å². The average molecular weight is 395 g/mol. The van der Waals surface area contributed by atoms with Crippen molar-refractivity contribution in [3.05, 3.63) is 65.8 Å². The Morgan fingerprint density at radius 1 is 1.10 bits per heavy atom. The lowest BCUT2D eigenvalue weighted by atomic mass is 10.1. The number of halogens is 2. The fourth-order valence-electron chi connectivity index (χ4n) is 3.34. The monoisotopic (exact) mass is 395 g/mol. The van der Waals surface area contributed by atoms with E-state index in [1.54, 1.807) is 0 Å². The number of ether oxygens (including phenoxy) is 1. The maximum Gasteiger partial charge on any atom is 0.246 e. The minimum absolute atomic E-state index is 0.370. The van der Waals surface area contributed by atoms with Gasteiger partial charge < -0.3 is 10.1 Å². The summed E-state index contributed by atoms with van der Waals surface area (Å²) in [6.45, 7) is 1.30. The van der Waals surface area contributed by atoms with Crippen LogP contribution in [0.5, 0.6) is 0 Å². The Morgan fingerprint density at radius 2 is 2.00 bits per heavy atom. The van der Waals surface area contributed by atoms with Gasteiger partial charge in [-0.25, -0.2) is 13.5 Å². The second-order valence-corrected chi connectivity index (χ2v) is 7.23. The number of benzene rings is 1. The van der Waals surface area contributed by atoms with Gasteiger partial charge in [0.1, 0.15) is 6.33 Å². The molecule has 29 heavy (non-hydrogen) atoms. The van der Waals surface area contributed by atoms with Crippen molar-refractivity contribution in [2.24, 2.45) is 0 Å². The Hall–Kier alpha value is -3.13. The lowest BCUT2D eigenvalue weighted by Crippen LogP contribution is -2.06. The van der Waals surface area contributed by atoms with Gasteiger partial charge in [0.25, 0.3) is 0 Å². The molecule has 0 spiro atoms. The van der Waals surface area contributed by atoms with Gasteiger partial charge in [-0.2, -0.15) is 4.98 Å². The summed E-state index contributed by atoms with van der Waals surface area (Å²) in [5, 5.41) is 7.54. The second-order valence-electron chi connectivity index (χ2n) is 7.23. The number of rotatable bonds is 5. The SMILES string of the molecule is Fc1ccc(-n2cnc(Nc3cc(C4=CCOCC4)nc(C4CC4)c3)n2)cc1F. The zero-order valence-corrected chi connectivity index (χ0v) is 15.6. The molecule has 1 aliphatic carbocycles. The summed E-state index contributed by atoms with van der Waals surface area (Å²) in [4.78, 5) is 9.09. The smallest absolute Gasteiger partial charge is 0.246 e. The van der Waals surface area contributed by atoms with Crippen LogP contribution in [0.1, 0.15) is 36.6 Å². The first-order valence-electron chi connectivity index (χ1n) is 9.59. The third-order valence-electron chi connectivity index (χ3n) is 5.05. The van der Waals surface area contributed by atoms with Gasteiger partial charge in [-0.1, -0.05) is 6.08 Å². The zero-order valence-electron chi connectivity index (χ0n) is 15.6. The lowest BCUT2D eigenvalue weighted by molar-refractivity contribution is 0.161. The number of anilines is 2. The molecule has 1 aromatic carbocycles. The van der Waals surface area contributed by atoms with Crippen molar-refractivity contribution in [2.45, 2.75) is 25.2 Å². The second kappa shape index (κ2) is 7.36. The molecule has 3 heterocycles. The maximum absolute atomic E-state index is 13.5. The van der Waals surface area contributed by atoms with Crippen molar-refractivity contribution in [2.75, 3.05) is 18.5 Å². The Balaban J connectivity index is 1.42. The molecule has 1 saturated carbocycles. The van der Waals surface area contributed by atoms with E-state index in [0.717, 1.165) is 48.5 Å². The van der Waals surface area contributed by atoms with Gasteiger partial charge in [-0.05, 0) is 49.1 Å². The van der Waals surface area contributed by atoms with Gasteiger partial charge in [0, 0.05) is 23.4 Å². The standard InChI is InChI=1S/C21H19F2N5O/c22-17-4-3-16(11-18(17)23)28-12-24-21(27-28)25-15-9-19(13-1-2-13)26-20(10-15)14-5-7-29-8-6-14/h3-5,9-13H,1-2,6-8H2,(H,25,26,27). The average Bonchev–Trinajstić information content (AvgIpc) is 3.50. The van der Waals surface area contributed by atoms with E-state index < -0.39 is 11.6 Å². The maximum atomic E-state index is 13.5. The van der Waals surface area contributed by atoms with Gasteiger partial charge in [-0.15, -0.1) is 5.10 Å². The van der Waals surface area contributed by atoms with Crippen molar-refractivity contribution >= 4 is 17.2 Å². The van der Waals surface area contributed by atoms with Crippen LogP contribution >= 0.6 is 0 Å². The van der Waals surface area contributed by atoms with Crippen LogP contribution in [-0.2, 0) is 4.74 Å². The Kier molecular flexibility index (Phi) is 4.55. The normalized spacial score (nSPS) is 16.6. The molecule has 0 bridgehead atoms. The van der Waals surface area contributed by atoms with Crippen molar-refractivity contribution in [1.82, 2.24) is 19.7 Å². The van der Waals surface area contributed by atoms with E-state index in [0.29, 0.717) is 30.8 Å². The molecule has 1 aliphatic heterocycles. The van der Waals surface area contributed by atoms with Crippen molar-refractivity contribution in [3.63, 3.8) is 0 Å². The first kappa shape index (κ1) is 17.9. The molecule has 3 aromatic rings. The summed E-state index contributed by atoms with van der Waals surface area (Å²) < 4.78 is 33.5. The fraction of sp³-hybridized carbons (Fsp3) is 0.286. The Morgan fingerprint density at radius 3 is 2.76 bits per heavy atom. The van der Waals surface area contributed by atoms with Crippen LogP contribution in [0.25, 0.3) is 11.3 Å². The topological polar surface area (TPSA) is 64.9 Å². The van der Waals surface area contributed by atoms with Crippen LogP contribution in [0.4, 0.5) is 20.4 Å². The largest absolute Gasteiger partial charge is 0.377 e. The van der Waals surface area contributed by atoms with E-state index in [1.165, 1.54) is 22.6 Å². The van der Waals surface area contributed by atoms with E-state index in [4.69, 9.17) is 9.72 Å². The number of nitrogens with zero attached hydrogens (tertiary/aromatic N) is 4. The molecule has 1 fully saturated rings. The first-order valence-corrected chi connectivity index (χ1v) is 9.59. The number of hydrogen-bond donors (Lipinski definition) is 1. The van der Waals surface area contributed by atoms with Gasteiger partial charge in [-0.3, -0.25) is 4.98 Å². The highest BCUT2D eigenvalue weighted by atomic mass is 19.2. The zero-order chi connectivity index (χ0) is 19.8. The minimum Gasteiger partial charge on any atom is -0.377 e. The molecule has 6 nitrogen and oxygen atoms in total. The van der Waals surface area contributed by atoms with E-state index >= 15 is 0 Å². The minimum atomic E-state index is -0.926. The summed E-state index contributed by atoms with van der Waals surface area (Å²) >= 11 is 0. The predicted octanol–water partition coefficient (Wildman–Crippen LogP) is 4.37. The first-order chi connectivity index (χ1) is 14.2. The van der Waals surface area contributed by atoms with Crippen LogP contribution < -0.4 is 5.32 Å². The molecule has 1 N–H and O–H groups in total. The highest BCUT2D eigenvalue weighted by Crippen LogP contribution is 2.40. The van der Waals surface area contributed by atoms with E-state index in [-0.39, 0.29) is 0 Å². The molecule has 0 saturated heterocycles. The molecule has 5 rings (SSSR count). The summed E-state index contributed by atoms with van der Waals surface area (Å²) in [5.74, 6) is -0.949. The lowest BCUT2D eigenvalue weighted by Gasteiger charge is -2.15. The molecule has 0 radical (unpaired) electrons. The van der Waals surface area contributed by atoms with Gasteiger partial charge >= 0.3 is 0 Å². The van der Waals surface area contributed by atoms with E-state index in [9.17, 15) is 8.78 Å². The Labute approximate surface area is 166 Å². The highest BCUT2D eigenvalue weighted by Gasteiger charge is 2.26. The summed E-state index contributed by atoms with van der Waals surface area (Å²) in [6.07, 6.45) is 6.67. The Bertz CT molecular complexity index is 1090. The van der Waals surface area contributed by atoms with E-state index in [2.05, 4.69) is 21.5 Å². The summed E-state index contributed by atoms with van der Waals surface area (Å²) in [6, 6.07) is 7.62. The van der Waals surface area contributed by atoms with Gasteiger partial charge in [0.2, 0.25) is 5.95 Å². The summed E-state index contributed by atoms with van der Waals surface area (Å²) in [7, 11) is 0. The van der Waals surface area contributed by atoms with Crippen molar-refractivity contribution in [1.29, 1.82) is 0 Å². The number of pyridine rings is 1. The molecular weight excluding hydrogens is 376 g/mol. The van der Waals surface area contributed by atoms with Crippen LogP contribution in [0.2, 0.25) is 0 Å². The van der Waals surface area contributed by atoms with Crippen LogP contribution in [0.15, 0.2) is 42.7 Å². The molecule has 0 atom stereocenters. The van der Waals surface area contributed by atoms with Gasteiger partial charge in [0.05, 0.1) is 24.6 Å². The van der Waals surface area contributed by atoms with Gasteiger partial charge in [0.15, 0.2) is 11.6 Å². The molecule has 148 valence electrons. The molecule has 8 heteroatoms. The number of nitrogens with one attached hydrogen (secondary N) is 1. The van der Waals surface area contributed by atoms with Crippen LogP contribution in [0.3, 0.4) is 0 Å². The third kappa shape index (κ3) is 3.88. The molecule has 0 unspecified atom stereocenters. The number of hydrogen-bond acceptors (Lipinski definition) is 5. The summed E-state index contributed by atoms with van der Waals surface area (Å²) in [5.41, 5.74) is 4.44. The third-order valence-corrected chi connectivity index (χ3v) is 5.05. The fourth-order valence-corrected chi connectivity index (χ4v) is 3.34. The van der Waals surface area contributed by atoms with Crippen molar-refractivity contribution in [3.8, 4) is 5.69 Å².